The van der Waals surface area contributed by atoms with E-state index < -0.39 is 24.0 Å². The number of rotatable bonds is 9. The highest BCUT2D eigenvalue weighted by Gasteiger charge is 2.32. The highest BCUT2D eigenvalue weighted by Crippen LogP contribution is 2.44. The lowest BCUT2D eigenvalue weighted by Gasteiger charge is -2.32. The van der Waals surface area contributed by atoms with Crippen LogP contribution in [0, 0.1) is 0 Å². The Balaban J connectivity index is 1.40. The molecular formula is C26H30N2O7. The molecule has 3 atom stereocenters. The molecule has 35 heavy (non-hydrogen) atoms. The predicted octanol–water partition coefficient (Wildman–Crippen LogP) is 2.68. The van der Waals surface area contributed by atoms with Crippen LogP contribution in [0.4, 0.5) is 4.79 Å². The van der Waals surface area contributed by atoms with Gasteiger partial charge in [-0.25, -0.2) is 4.79 Å². The topological polar surface area (TPSA) is 123 Å². The summed E-state index contributed by atoms with van der Waals surface area (Å²) in [5.74, 6) is -1.66. The molecule has 1 heterocycles. The number of aliphatic carboxylic acids is 1. The zero-order chi connectivity index (χ0) is 24.8. The van der Waals surface area contributed by atoms with Crippen LogP contribution in [0.3, 0.4) is 0 Å². The monoisotopic (exact) mass is 482 g/mol. The van der Waals surface area contributed by atoms with Crippen LogP contribution in [0.25, 0.3) is 11.1 Å². The average Bonchev–Trinajstić information content (AvgIpc) is 3.19. The van der Waals surface area contributed by atoms with Crippen LogP contribution in [0.5, 0.6) is 0 Å². The van der Waals surface area contributed by atoms with Gasteiger partial charge in [0.05, 0.1) is 12.6 Å². The fourth-order valence-corrected chi connectivity index (χ4v) is 4.71. The molecule has 186 valence electrons. The minimum atomic E-state index is -1.06. The molecule has 0 bridgehead atoms. The van der Waals surface area contributed by atoms with E-state index in [1.165, 1.54) is 7.11 Å². The fraction of sp³-hybridized carbons (Fsp3) is 0.423. The first kappa shape index (κ1) is 24.7. The molecule has 4 rings (SSSR count). The van der Waals surface area contributed by atoms with E-state index in [-0.39, 0.29) is 37.5 Å². The van der Waals surface area contributed by atoms with Crippen molar-refractivity contribution in [3.8, 4) is 11.1 Å². The summed E-state index contributed by atoms with van der Waals surface area (Å²) in [7, 11) is 1.54. The van der Waals surface area contributed by atoms with Gasteiger partial charge in [-0.15, -0.1) is 0 Å². The van der Waals surface area contributed by atoms with Crippen molar-refractivity contribution in [1.29, 1.82) is 0 Å². The number of ether oxygens (including phenoxy) is 3. The number of carbonyl (C=O) groups is 3. The van der Waals surface area contributed by atoms with Crippen molar-refractivity contribution >= 4 is 18.0 Å². The summed E-state index contributed by atoms with van der Waals surface area (Å²) in [5.41, 5.74) is 4.37. The summed E-state index contributed by atoms with van der Waals surface area (Å²) in [6.07, 6.45) is -0.869. The second-order valence-corrected chi connectivity index (χ2v) is 8.71. The molecule has 9 nitrogen and oxygen atoms in total. The number of hydrogen-bond donors (Lipinski definition) is 3. The summed E-state index contributed by atoms with van der Waals surface area (Å²) in [5, 5.41) is 14.5. The Bertz CT molecular complexity index is 1030. The minimum Gasteiger partial charge on any atom is -0.481 e. The lowest BCUT2D eigenvalue weighted by atomic mass is 9.98. The second kappa shape index (κ2) is 11.3. The maximum Gasteiger partial charge on any atom is 0.407 e. The number of carbonyl (C=O) groups excluding carboxylic acids is 2. The van der Waals surface area contributed by atoms with Gasteiger partial charge in [0.15, 0.2) is 0 Å². The fourth-order valence-electron chi connectivity index (χ4n) is 4.71. The van der Waals surface area contributed by atoms with Crippen LogP contribution in [0.15, 0.2) is 48.5 Å². The normalized spacial score (nSPS) is 19.8. The molecule has 2 amide bonds. The first-order valence-corrected chi connectivity index (χ1v) is 11.7. The van der Waals surface area contributed by atoms with Gasteiger partial charge in [0.2, 0.25) is 5.91 Å². The summed E-state index contributed by atoms with van der Waals surface area (Å²) in [4.78, 5) is 36.8. The van der Waals surface area contributed by atoms with Gasteiger partial charge in [-0.3, -0.25) is 9.59 Å². The number of hydrogen-bond acceptors (Lipinski definition) is 6. The van der Waals surface area contributed by atoms with E-state index in [0.29, 0.717) is 19.6 Å². The first-order chi connectivity index (χ1) is 17.0. The van der Waals surface area contributed by atoms with Gasteiger partial charge in [0.25, 0.3) is 0 Å². The van der Waals surface area contributed by atoms with Crippen molar-refractivity contribution in [3.05, 3.63) is 59.7 Å². The summed E-state index contributed by atoms with van der Waals surface area (Å²) in [6, 6.07) is 14.6. The molecule has 0 radical (unpaired) electrons. The average molecular weight is 483 g/mol. The van der Waals surface area contributed by atoms with E-state index in [4.69, 9.17) is 19.3 Å². The highest BCUT2D eigenvalue weighted by atomic mass is 16.5. The van der Waals surface area contributed by atoms with Crippen LogP contribution < -0.4 is 10.6 Å². The zero-order valence-electron chi connectivity index (χ0n) is 19.6. The third kappa shape index (κ3) is 5.80. The summed E-state index contributed by atoms with van der Waals surface area (Å²) in [6.45, 7) is 0.921. The quantitative estimate of drug-likeness (QED) is 0.502. The van der Waals surface area contributed by atoms with Crippen molar-refractivity contribution in [3.63, 3.8) is 0 Å². The summed E-state index contributed by atoms with van der Waals surface area (Å²) >= 11 is 0. The maximum atomic E-state index is 12.9. The number of methoxy groups -OCH3 is 1. The van der Waals surface area contributed by atoms with Crippen molar-refractivity contribution in [1.82, 2.24) is 10.6 Å². The number of carboxylic acids is 1. The van der Waals surface area contributed by atoms with E-state index in [2.05, 4.69) is 10.6 Å². The Morgan fingerprint density at radius 2 is 1.74 bits per heavy atom. The van der Waals surface area contributed by atoms with Crippen LogP contribution in [-0.2, 0) is 23.8 Å². The van der Waals surface area contributed by atoms with Gasteiger partial charge in [-0.1, -0.05) is 48.5 Å². The number of nitrogens with one attached hydrogen (secondary N) is 2. The summed E-state index contributed by atoms with van der Waals surface area (Å²) < 4.78 is 16.3. The van der Waals surface area contributed by atoms with Gasteiger partial charge in [0, 0.05) is 26.1 Å². The lowest BCUT2D eigenvalue weighted by molar-refractivity contribution is -0.137. The van der Waals surface area contributed by atoms with Crippen molar-refractivity contribution in [2.75, 3.05) is 26.9 Å². The molecular weight excluding hydrogens is 452 g/mol. The van der Waals surface area contributed by atoms with E-state index in [0.717, 1.165) is 22.3 Å². The van der Waals surface area contributed by atoms with E-state index in [1.807, 2.05) is 48.5 Å². The molecule has 0 spiro atoms. The van der Waals surface area contributed by atoms with Gasteiger partial charge in [-0.2, -0.15) is 0 Å². The molecule has 9 heteroatoms. The Labute approximate surface area is 203 Å². The van der Waals surface area contributed by atoms with Gasteiger partial charge >= 0.3 is 12.1 Å². The molecule has 1 saturated heterocycles. The predicted molar refractivity (Wildman–Crippen MR) is 127 cm³/mol. The molecule has 0 aromatic heterocycles. The standard InChI is InChI=1S/C26H30N2O7/c1-33-23-15-34-13-12-21(23)27-25(31)22(10-11-24(29)30)28-26(32)35-14-20-18-8-4-2-6-16(18)17-7-3-5-9-19(17)20/h2-9,20-23H,10-15H2,1H3,(H,27,31)(H,28,32)(H,29,30). The number of alkyl carbamates (subject to hydrolysis) is 1. The molecule has 3 N–H and O–H groups in total. The molecule has 1 aliphatic heterocycles. The molecule has 2 aromatic rings. The van der Waals surface area contributed by atoms with Gasteiger partial charge < -0.3 is 30.0 Å². The largest absolute Gasteiger partial charge is 0.481 e. The molecule has 1 aliphatic carbocycles. The Morgan fingerprint density at radius 3 is 2.37 bits per heavy atom. The molecule has 2 aliphatic rings. The van der Waals surface area contributed by atoms with E-state index in [1.54, 1.807) is 0 Å². The first-order valence-electron chi connectivity index (χ1n) is 11.7. The Morgan fingerprint density at radius 1 is 1.09 bits per heavy atom. The molecule has 0 saturated carbocycles. The molecule has 2 aromatic carbocycles. The maximum absolute atomic E-state index is 12.9. The Kier molecular flexibility index (Phi) is 7.99. The third-order valence-electron chi connectivity index (χ3n) is 6.53. The van der Waals surface area contributed by atoms with Crippen LogP contribution in [0.1, 0.15) is 36.3 Å². The van der Waals surface area contributed by atoms with Crippen molar-refractivity contribution in [2.45, 2.75) is 43.4 Å². The molecule has 1 fully saturated rings. The Hall–Kier alpha value is -3.43. The second-order valence-electron chi connectivity index (χ2n) is 8.71. The number of benzene rings is 2. The van der Waals surface area contributed by atoms with E-state index >= 15 is 0 Å². The van der Waals surface area contributed by atoms with Crippen LogP contribution >= 0.6 is 0 Å². The third-order valence-corrected chi connectivity index (χ3v) is 6.53. The van der Waals surface area contributed by atoms with Gasteiger partial charge in [0.1, 0.15) is 18.8 Å². The zero-order valence-corrected chi connectivity index (χ0v) is 19.6. The smallest absolute Gasteiger partial charge is 0.407 e. The number of amides is 2. The SMILES string of the molecule is COC1COCCC1NC(=O)C(CCC(=O)O)NC(=O)OCC1c2ccccc2-c2ccccc21. The minimum absolute atomic E-state index is 0.0633. The number of fused-ring (bicyclic) bond motifs is 3. The van der Waals surface area contributed by atoms with Gasteiger partial charge in [-0.05, 0) is 35.1 Å². The van der Waals surface area contributed by atoms with Crippen molar-refractivity contribution < 1.29 is 33.7 Å². The lowest BCUT2D eigenvalue weighted by Crippen LogP contribution is -2.55. The van der Waals surface area contributed by atoms with Crippen LogP contribution in [0.2, 0.25) is 0 Å². The van der Waals surface area contributed by atoms with E-state index in [9.17, 15) is 14.4 Å². The van der Waals surface area contributed by atoms with Crippen LogP contribution in [-0.4, -0.2) is 68.2 Å². The highest BCUT2D eigenvalue weighted by molar-refractivity contribution is 5.86. The number of carboxylic acid groups (broad SMARTS) is 1. The van der Waals surface area contributed by atoms with Crippen molar-refractivity contribution in [2.24, 2.45) is 0 Å². The molecule has 3 unspecified atom stereocenters.